The van der Waals surface area contributed by atoms with Gasteiger partial charge in [0.25, 0.3) is 0 Å². The number of rotatable bonds is 5. The van der Waals surface area contributed by atoms with Gasteiger partial charge < -0.3 is 5.11 Å². The smallest absolute Gasteiger partial charge is 0.0606 e. The molecule has 0 bridgehead atoms. The van der Waals surface area contributed by atoms with Crippen LogP contribution in [0.1, 0.15) is 17.5 Å². The molecule has 4 heteroatoms. The van der Waals surface area contributed by atoms with E-state index in [1.54, 1.807) is 11.3 Å². The van der Waals surface area contributed by atoms with Crippen LogP contribution in [0.5, 0.6) is 0 Å². The SMILES string of the molecule is OCC[C@@H]1CN(CC#Cc2ccccc2)CCN1Cc1ccsc1. The minimum atomic E-state index is 0.244. The molecule has 3 nitrogen and oxygen atoms in total. The number of benzene rings is 1. The molecule has 0 spiro atoms. The van der Waals surface area contributed by atoms with E-state index < -0.39 is 0 Å². The molecule has 0 radical (unpaired) electrons. The number of thiophene rings is 1. The molecule has 126 valence electrons. The molecule has 0 amide bonds. The summed E-state index contributed by atoms with van der Waals surface area (Å²) in [5.41, 5.74) is 2.45. The van der Waals surface area contributed by atoms with Gasteiger partial charge in [0.2, 0.25) is 0 Å². The molecule has 2 aromatic rings. The largest absolute Gasteiger partial charge is 0.396 e. The second kappa shape index (κ2) is 9.00. The molecule has 1 aliphatic heterocycles. The minimum absolute atomic E-state index is 0.244. The fraction of sp³-hybridized carbons (Fsp3) is 0.400. The first-order chi connectivity index (χ1) is 11.8. The van der Waals surface area contributed by atoms with Gasteiger partial charge in [-0.3, -0.25) is 9.80 Å². The summed E-state index contributed by atoms with van der Waals surface area (Å²) in [5.74, 6) is 6.52. The van der Waals surface area contributed by atoms with Crippen molar-refractivity contribution >= 4 is 11.3 Å². The summed E-state index contributed by atoms with van der Waals surface area (Å²) >= 11 is 1.75. The summed E-state index contributed by atoms with van der Waals surface area (Å²) in [7, 11) is 0. The first-order valence-corrected chi connectivity index (χ1v) is 9.41. The lowest BCUT2D eigenvalue weighted by Gasteiger charge is -2.40. The van der Waals surface area contributed by atoms with Crippen LogP contribution in [0.4, 0.5) is 0 Å². The molecule has 2 heterocycles. The van der Waals surface area contributed by atoms with Gasteiger partial charge in [-0.25, -0.2) is 0 Å². The van der Waals surface area contributed by atoms with Crippen LogP contribution in [0.25, 0.3) is 0 Å². The van der Waals surface area contributed by atoms with Gasteiger partial charge in [0.15, 0.2) is 0 Å². The topological polar surface area (TPSA) is 26.7 Å². The molecule has 1 aromatic heterocycles. The number of nitrogens with zero attached hydrogens (tertiary/aromatic N) is 2. The first kappa shape index (κ1) is 17.2. The highest BCUT2D eigenvalue weighted by molar-refractivity contribution is 7.07. The van der Waals surface area contributed by atoms with E-state index >= 15 is 0 Å². The van der Waals surface area contributed by atoms with Gasteiger partial charge in [0, 0.05) is 44.4 Å². The first-order valence-electron chi connectivity index (χ1n) is 8.47. The number of aliphatic hydroxyl groups excluding tert-OH is 1. The molecule has 1 aromatic carbocycles. The Hall–Kier alpha value is -1.64. The number of hydrogen-bond acceptors (Lipinski definition) is 4. The second-order valence-corrected chi connectivity index (χ2v) is 6.95. The third kappa shape index (κ3) is 4.93. The van der Waals surface area contributed by atoms with Crippen molar-refractivity contribution in [3.63, 3.8) is 0 Å². The summed E-state index contributed by atoms with van der Waals surface area (Å²) in [6, 6.07) is 12.7. The fourth-order valence-electron chi connectivity index (χ4n) is 3.12. The van der Waals surface area contributed by atoms with Crippen LogP contribution in [0.15, 0.2) is 47.2 Å². The Balaban J connectivity index is 1.55. The van der Waals surface area contributed by atoms with E-state index in [1.807, 2.05) is 30.3 Å². The van der Waals surface area contributed by atoms with Crippen molar-refractivity contribution in [2.24, 2.45) is 0 Å². The van der Waals surface area contributed by atoms with Crippen LogP contribution >= 0.6 is 11.3 Å². The van der Waals surface area contributed by atoms with Crippen molar-refractivity contribution < 1.29 is 5.11 Å². The Bertz CT molecular complexity index is 660. The van der Waals surface area contributed by atoms with Gasteiger partial charge in [-0.2, -0.15) is 11.3 Å². The minimum Gasteiger partial charge on any atom is -0.396 e. The van der Waals surface area contributed by atoms with Gasteiger partial charge in [-0.15, -0.1) is 0 Å². The predicted molar refractivity (Wildman–Crippen MR) is 100.0 cm³/mol. The second-order valence-electron chi connectivity index (χ2n) is 6.17. The normalized spacial score (nSPS) is 19.0. The average molecular weight is 340 g/mol. The highest BCUT2D eigenvalue weighted by Gasteiger charge is 2.26. The Morgan fingerprint density at radius 2 is 2.04 bits per heavy atom. The molecule has 1 aliphatic rings. The van der Waals surface area contributed by atoms with Crippen LogP contribution < -0.4 is 0 Å². The van der Waals surface area contributed by atoms with Gasteiger partial charge in [0.1, 0.15) is 0 Å². The van der Waals surface area contributed by atoms with Crippen LogP contribution in [-0.2, 0) is 6.54 Å². The molecule has 0 aliphatic carbocycles. The maximum absolute atomic E-state index is 9.40. The zero-order chi connectivity index (χ0) is 16.6. The number of piperazine rings is 1. The molecule has 1 atom stereocenters. The third-order valence-electron chi connectivity index (χ3n) is 4.43. The van der Waals surface area contributed by atoms with Crippen molar-refractivity contribution in [1.29, 1.82) is 0 Å². The van der Waals surface area contributed by atoms with E-state index in [1.165, 1.54) is 5.56 Å². The van der Waals surface area contributed by atoms with Crippen LogP contribution in [0.2, 0.25) is 0 Å². The Labute approximate surface area is 148 Å². The summed E-state index contributed by atoms with van der Waals surface area (Å²) in [4.78, 5) is 4.90. The van der Waals surface area contributed by atoms with E-state index in [0.29, 0.717) is 6.04 Å². The van der Waals surface area contributed by atoms with Crippen molar-refractivity contribution in [3.8, 4) is 11.8 Å². The van der Waals surface area contributed by atoms with Crippen molar-refractivity contribution in [2.45, 2.75) is 19.0 Å². The number of aliphatic hydroxyl groups is 1. The zero-order valence-corrected chi connectivity index (χ0v) is 14.7. The molecule has 3 rings (SSSR count). The lowest BCUT2D eigenvalue weighted by atomic mass is 10.1. The standard InChI is InChI=1S/C20H24N2OS/c23-13-8-20-16-21(10-4-7-18-5-2-1-3-6-18)11-12-22(20)15-19-9-14-24-17-19/h1-3,5-6,9,14,17,20,23H,8,10-13,15-16H2/t20-/m1/s1. The monoisotopic (exact) mass is 340 g/mol. The van der Waals surface area contributed by atoms with E-state index in [4.69, 9.17) is 0 Å². The maximum atomic E-state index is 9.40. The van der Waals surface area contributed by atoms with Gasteiger partial charge >= 0.3 is 0 Å². The van der Waals surface area contributed by atoms with Gasteiger partial charge in [0.05, 0.1) is 6.54 Å². The van der Waals surface area contributed by atoms with Crippen molar-refractivity contribution in [3.05, 3.63) is 58.3 Å². The average Bonchev–Trinajstić information content (AvgIpc) is 3.11. The fourth-order valence-corrected chi connectivity index (χ4v) is 3.78. The molecule has 1 saturated heterocycles. The molecular formula is C20H24N2OS. The molecule has 0 saturated carbocycles. The number of hydrogen-bond donors (Lipinski definition) is 1. The van der Waals surface area contributed by atoms with Gasteiger partial charge in [-0.05, 0) is 40.9 Å². The predicted octanol–water partition coefficient (Wildman–Crippen LogP) is 2.67. The highest BCUT2D eigenvalue weighted by Crippen LogP contribution is 2.17. The van der Waals surface area contributed by atoms with Crippen LogP contribution in [0.3, 0.4) is 0 Å². The highest BCUT2D eigenvalue weighted by atomic mass is 32.1. The lowest BCUT2D eigenvalue weighted by Crippen LogP contribution is -2.52. The zero-order valence-electron chi connectivity index (χ0n) is 13.9. The Kier molecular flexibility index (Phi) is 6.45. The molecule has 1 N–H and O–H groups in total. The molecule has 1 fully saturated rings. The maximum Gasteiger partial charge on any atom is 0.0606 e. The summed E-state index contributed by atoms with van der Waals surface area (Å²) in [6.07, 6.45) is 0.826. The quantitative estimate of drug-likeness (QED) is 0.848. The Morgan fingerprint density at radius 1 is 1.17 bits per heavy atom. The van der Waals surface area contributed by atoms with Crippen molar-refractivity contribution in [1.82, 2.24) is 9.80 Å². The van der Waals surface area contributed by atoms with E-state index in [9.17, 15) is 5.11 Å². The lowest BCUT2D eigenvalue weighted by molar-refractivity contribution is 0.0606. The third-order valence-corrected chi connectivity index (χ3v) is 5.16. The molecule has 24 heavy (non-hydrogen) atoms. The van der Waals surface area contributed by atoms with Crippen LogP contribution in [-0.4, -0.2) is 53.7 Å². The van der Waals surface area contributed by atoms with Crippen LogP contribution in [0, 0.1) is 11.8 Å². The van der Waals surface area contributed by atoms with Gasteiger partial charge in [-0.1, -0.05) is 30.0 Å². The van der Waals surface area contributed by atoms with E-state index in [-0.39, 0.29) is 6.61 Å². The molecule has 0 unspecified atom stereocenters. The summed E-state index contributed by atoms with van der Waals surface area (Å²) in [6.45, 7) is 5.08. The van der Waals surface area contributed by atoms with E-state index in [2.05, 4.69) is 38.5 Å². The van der Waals surface area contributed by atoms with E-state index in [0.717, 1.165) is 44.7 Å². The summed E-state index contributed by atoms with van der Waals surface area (Å²) in [5, 5.41) is 13.7. The molecular weight excluding hydrogens is 316 g/mol. The Morgan fingerprint density at radius 3 is 2.79 bits per heavy atom. The van der Waals surface area contributed by atoms with Crippen molar-refractivity contribution in [2.75, 3.05) is 32.8 Å². The summed E-state index contributed by atoms with van der Waals surface area (Å²) < 4.78 is 0.